The molecular formula is C40H50BrClN4O6. The van der Waals surface area contributed by atoms with Crippen LogP contribution in [0.15, 0.2) is 65.1 Å². The van der Waals surface area contributed by atoms with Crippen LogP contribution in [0.5, 0.6) is 5.75 Å². The van der Waals surface area contributed by atoms with E-state index in [-0.39, 0.29) is 24.5 Å². The molecule has 3 aromatic carbocycles. The van der Waals surface area contributed by atoms with Gasteiger partial charge in [-0.15, -0.1) is 0 Å². The number of aryl methyl sites for hydroxylation is 1. The number of hydrogen-bond acceptors (Lipinski definition) is 9. The summed E-state index contributed by atoms with van der Waals surface area (Å²) in [5.41, 5.74) is 10.8. The lowest BCUT2D eigenvalue weighted by Gasteiger charge is -2.34. The van der Waals surface area contributed by atoms with E-state index in [9.17, 15) is 14.4 Å². The molecule has 1 aliphatic rings. The third-order valence-corrected chi connectivity index (χ3v) is 10.2. The Kier molecular flexibility index (Phi) is 15.6. The summed E-state index contributed by atoms with van der Waals surface area (Å²) in [7, 11) is 3.52. The van der Waals surface area contributed by atoms with Crippen LogP contribution in [-0.2, 0) is 20.8 Å². The molecule has 0 unspecified atom stereocenters. The molecule has 52 heavy (non-hydrogen) atoms. The standard InChI is InChI=1S/C23H36BrN3O4.C17H14ClNO2/c1-4-27(20-8-6-5-7-9-20)16-19-14-18(15-21(24)22(19)25)23(29)31-13-11-26(3)10-12-30-17(2)28;1-11-9-13-10-15(21-2)7-8-16(13)19(11)17(20)12-3-5-14(18)6-4-12/h14-15,20H,4-13,16,25H2,1-3H3;3-10H,1-2H3. The van der Waals surface area contributed by atoms with Gasteiger partial charge in [0, 0.05) is 58.7 Å². The van der Waals surface area contributed by atoms with Gasteiger partial charge in [-0.25, -0.2) is 4.79 Å². The second kappa shape index (κ2) is 19.8. The SMILES string of the molecule is CCN(Cc1cc(C(=O)OCCN(C)CCOC(C)=O)cc(Br)c1N)C1CCCCC1.COc1ccc2c(c1)cc(C)n2C(=O)c1ccc(Cl)cc1. The second-order valence-corrected chi connectivity index (χ2v) is 14.3. The zero-order valence-corrected chi connectivity index (χ0v) is 33.1. The van der Waals surface area contributed by atoms with E-state index in [2.05, 4.69) is 27.8 Å². The maximum atomic E-state index is 12.7. The van der Waals surface area contributed by atoms with Gasteiger partial charge in [-0.3, -0.25) is 24.0 Å². The molecule has 0 bridgehead atoms. The Bertz CT molecular complexity index is 1820. The summed E-state index contributed by atoms with van der Waals surface area (Å²) in [5, 5.41) is 1.60. The van der Waals surface area contributed by atoms with Gasteiger partial charge in [0.2, 0.25) is 0 Å². The molecule has 2 N–H and O–H groups in total. The van der Waals surface area contributed by atoms with Crippen LogP contribution < -0.4 is 10.5 Å². The van der Waals surface area contributed by atoms with E-state index in [0.29, 0.717) is 47.6 Å². The number of nitrogens with zero attached hydrogens (tertiary/aromatic N) is 3. The van der Waals surface area contributed by atoms with Crippen molar-refractivity contribution in [2.45, 2.75) is 65.5 Å². The number of halogens is 2. The number of hydrogen-bond donors (Lipinski definition) is 1. The molecule has 4 aromatic rings. The Morgan fingerprint density at radius 1 is 0.942 bits per heavy atom. The monoisotopic (exact) mass is 796 g/mol. The van der Waals surface area contributed by atoms with Crippen LogP contribution in [-0.4, -0.2) is 85.3 Å². The number of likely N-dealkylation sites (N-methyl/N-ethyl adjacent to an activating group) is 1. The summed E-state index contributed by atoms with van der Waals surface area (Å²) in [6, 6.07) is 18.7. The van der Waals surface area contributed by atoms with Gasteiger partial charge < -0.3 is 19.9 Å². The lowest BCUT2D eigenvalue weighted by molar-refractivity contribution is -0.141. The Hall–Kier alpha value is -3.90. The normalized spacial score (nSPS) is 13.2. The van der Waals surface area contributed by atoms with Gasteiger partial charge in [-0.2, -0.15) is 0 Å². The zero-order chi connectivity index (χ0) is 37.8. The summed E-state index contributed by atoms with van der Waals surface area (Å²) in [4.78, 5) is 40.5. The number of benzene rings is 3. The third kappa shape index (κ3) is 11.3. The first-order valence-corrected chi connectivity index (χ1v) is 18.9. The van der Waals surface area contributed by atoms with Gasteiger partial charge >= 0.3 is 11.9 Å². The van der Waals surface area contributed by atoms with Gasteiger partial charge in [0.15, 0.2) is 0 Å². The van der Waals surface area contributed by atoms with Crippen molar-refractivity contribution in [1.29, 1.82) is 0 Å². The first-order valence-electron chi connectivity index (χ1n) is 17.7. The number of nitrogens with two attached hydrogens (primary N) is 1. The average molecular weight is 798 g/mol. The number of esters is 2. The first kappa shape index (κ1) is 40.9. The minimum Gasteiger partial charge on any atom is -0.497 e. The van der Waals surface area contributed by atoms with Crippen LogP contribution in [0.2, 0.25) is 5.02 Å². The van der Waals surface area contributed by atoms with E-state index in [1.54, 1.807) is 42.0 Å². The molecule has 1 fully saturated rings. The molecule has 12 heteroatoms. The van der Waals surface area contributed by atoms with Crippen LogP contribution in [0.1, 0.15) is 77.9 Å². The first-order chi connectivity index (χ1) is 24.9. The van der Waals surface area contributed by atoms with E-state index < -0.39 is 0 Å². The molecule has 10 nitrogen and oxygen atoms in total. The van der Waals surface area contributed by atoms with Crippen molar-refractivity contribution in [1.82, 2.24) is 14.4 Å². The van der Waals surface area contributed by atoms with Crippen molar-refractivity contribution >= 4 is 62.0 Å². The van der Waals surface area contributed by atoms with E-state index in [4.69, 9.17) is 31.5 Å². The highest BCUT2D eigenvalue weighted by molar-refractivity contribution is 9.10. The van der Waals surface area contributed by atoms with Gasteiger partial charge in [0.25, 0.3) is 5.91 Å². The number of aromatic nitrogens is 1. The average Bonchev–Trinajstić information content (AvgIpc) is 3.47. The van der Waals surface area contributed by atoms with Gasteiger partial charge in [-0.1, -0.05) is 37.8 Å². The number of rotatable bonds is 13. The Morgan fingerprint density at radius 3 is 2.25 bits per heavy atom. The lowest BCUT2D eigenvalue weighted by Crippen LogP contribution is -2.36. The van der Waals surface area contributed by atoms with Crippen LogP contribution in [0.4, 0.5) is 5.69 Å². The van der Waals surface area contributed by atoms with Crippen molar-refractivity contribution < 1.29 is 28.6 Å². The number of carbonyl (C=O) groups excluding carboxylic acids is 3. The largest absolute Gasteiger partial charge is 0.497 e. The number of fused-ring (bicyclic) bond motifs is 1. The fourth-order valence-electron chi connectivity index (χ4n) is 6.37. The molecule has 0 atom stereocenters. The minimum absolute atomic E-state index is 0.0654. The highest BCUT2D eigenvalue weighted by Gasteiger charge is 2.22. The molecule has 0 saturated heterocycles. The predicted molar refractivity (Wildman–Crippen MR) is 210 cm³/mol. The van der Waals surface area contributed by atoms with Gasteiger partial charge in [0.05, 0.1) is 23.9 Å². The molecule has 0 spiro atoms. The molecule has 1 aromatic heterocycles. The van der Waals surface area contributed by atoms with Crippen LogP contribution in [0, 0.1) is 6.92 Å². The van der Waals surface area contributed by atoms with Crippen LogP contribution >= 0.6 is 27.5 Å². The number of nitrogen functional groups attached to an aromatic ring is 1. The number of methoxy groups -OCH3 is 1. The highest BCUT2D eigenvalue weighted by Crippen LogP contribution is 2.30. The van der Waals surface area contributed by atoms with E-state index in [1.165, 1.54) is 39.0 Å². The summed E-state index contributed by atoms with van der Waals surface area (Å²) in [6.45, 7) is 8.89. The molecular weight excluding hydrogens is 748 g/mol. The maximum absolute atomic E-state index is 12.7. The molecule has 0 amide bonds. The topological polar surface area (TPSA) is 116 Å². The molecule has 1 saturated carbocycles. The Balaban J connectivity index is 0.000000249. The summed E-state index contributed by atoms with van der Waals surface area (Å²) in [6.07, 6.45) is 6.33. The molecule has 5 rings (SSSR count). The molecule has 0 radical (unpaired) electrons. The molecule has 0 aliphatic heterocycles. The number of carbonyl (C=O) groups is 3. The van der Waals surface area contributed by atoms with Crippen molar-refractivity contribution in [3.8, 4) is 5.75 Å². The van der Waals surface area contributed by atoms with Crippen molar-refractivity contribution in [2.75, 3.05) is 52.7 Å². The van der Waals surface area contributed by atoms with Gasteiger partial charge in [-0.05, 0) is 116 Å². The quantitative estimate of drug-likeness (QED) is 0.106. The predicted octanol–water partition coefficient (Wildman–Crippen LogP) is 8.14. The van der Waals surface area contributed by atoms with E-state index in [1.807, 2.05) is 49.2 Å². The minimum atomic E-state index is -0.365. The molecule has 1 aliphatic carbocycles. The fraction of sp³-hybridized carbons (Fsp3) is 0.425. The second-order valence-electron chi connectivity index (χ2n) is 13.0. The Morgan fingerprint density at radius 2 is 1.62 bits per heavy atom. The maximum Gasteiger partial charge on any atom is 0.338 e. The van der Waals surface area contributed by atoms with Crippen molar-refractivity contribution in [3.05, 3.63) is 92.5 Å². The summed E-state index contributed by atoms with van der Waals surface area (Å²) in [5.74, 6) is 0.0497. The van der Waals surface area contributed by atoms with Crippen molar-refractivity contribution in [3.63, 3.8) is 0 Å². The lowest BCUT2D eigenvalue weighted by atomic mass is 9.93. The number of anilines is 1. The van der Waals surface area contributed by atoms with E-state index >= 15 is 0 Å². The Labute approximate surface area is 320 Å². The van der Waals surface area contributed by atoms with Crippen LogP contribution in [0.25, 0.3) is 10.9 Å². The summed E-state index contributed by atoms with van der Waals surface area (Å²) < 4.78 is 18.0. The molecule has 1 heterocycles. The van der Waals surface area contributed by atoms with Gasteiger partial charge in [0.1, 0.15) is 19.0 Å². The fourth-order valence-corrected chi connectivity index (χ4v) is 7.00. The van der Waals surface area contributed by atoms with Crippen LogP contribution in [0.3, 0.4) is 0 Å². The smallest absolute Gasteiger partial charge is 0.338 e. The molecule has 280 valence electrons. The number of ether oxygens (including phenoxy) is 3. The summed E-state index contributed by atoms with van der Waals surface area (Å²) >= 11 is 9.37. The zero-order valence-electron chi connectivity index (χ0n) is 30.8. The van der Waals surface area contributed by atoms with E-state index in [0.717, 1.165) is 45.5 Å². The third-order valence-electron chi connectivity index (χ3n) is 9.29. The van der Waals surface area contributed by atoms with Crippen molar-refractivity contribution in [2.24, 2.45) is 0 Å². The highest BCUT2D eigenvalue weighted by atomic mass is 79.9.